The Morgan fingerprint density at radius 1 is 1.52 bits per heavy atom. The van der Waals surface area contributed by atoms with Crippen LogP contribution in [0.25, 0.3) is 0 Å². The van der Waals surface area contributed by atoms with Crippen molar-refractivity contribution in [3.05, 3.63) is 38.1 Å². The van der Waals surface area contributed by atoms with E-state index in [1.807, 2.05) is 0 Å². The fourth-order valence-electron chi connectivity index (χ4n) is 1.09. The molecule has 0 aliphatic carbocycles. The lowest BCUT2D eigenvalue weighted by Crippen LogP contribution is -1.99. The first-order valence-corrected chi connectivity index (χ1v) is 6.74. The van der Waals surface area contributed by atoms with Gasteiger partial charge in [-0.05, 0) is 11.6 Å². The summed E-state index contributed by atoms with van der Waals surface area (Å²) in [5.74, 6) is -0.474. The number of nitrogens with two attached hydrogens (primary N) is 1. The van der Waals surface area contributed by atoms with Crippen molar-refractivity contribution in [2.24, 2.45) is 5.73 Å². The van der Waals surface area contributed by atoms with Crippen molar-refractivity contribution in [1.29, 1.82) is 0 Å². The van der Waals surface area contributed by atoms with Crippen LogP contribution in [-0.2, 0) is 6.54 Å². The quantitative estimate of drug-likeness (QED) is 0.853. The van der Waals surface area contributed by atoms with E-state index in [1.54, 1.807) is 0 Å². The number of carbonyl (C=O) groups is 1. The van der Waals surface area contributed by atoms with Crippen molar-refractivity contribution in [1.82, 2.24) is 9.97 Å². The first-order chi connectivity index (χ1) is 9.51. The molecule has 2 aromatic rings. The number of nitrogens with zero attached hydrogens (tertiary/aromatic N) is 2. The van der Waals surface area contributed by atoms with Crippen LogP contribution in [0.15, 0.2) is 12.3 Å². The van der Waals surface area contributed by atoms with Gasteiger partial charge in [0.25, 0.3) is 0 Å². The summed E-state index contributed by atoms with van der Waals surface area (Å²) in [6, 6.07) is 1.31. The van der Waals surface area contributed by atoms with Crippen LogP contribution in [-0.4, -0.2) is 23.4 Å². The Kier molecular flexibility index (Phi) is 9.03. The maximum atomic E-state index is 12.8. The second kappa shape index (κ2) is 9.62. The second-order valence-electron chi connectivity index (χ2n) is 3.28. The van der Waals surface area contributed by atoms with Crippen molar-refractivity contribution in [3.63, 3.8) is 0 Å². The van der Waals surface area contributed by atoms with Gasteiger partial charge in [0.2, 0.25) is 5.88 Å². The molecule has 0 atom stereocenters. The van der Waals surface area contributed by atoms with Gasteiger partial charge >= 0.3 is 0 Å². The van der Waals surface area contributed by atoms with Crippen LogP contribution < -0.4 is 10.5 Å². The minimum Gasteiger partial charge on any atom is -0.479 e. The van der Waals surface area contributed by atoms with Crippen molar-refractivity contribution < 1.29 is 13.9 Å². The number of aromatic nitrogens is 2. The fourth-order valence-corrected chi connectivity index (χ4v) is 2.26. The van der Waals surface area contributed by atoms with Crippen LogP contribution in [0.2, 0.25) is 9.62 Å². The Bertz CT molecular complexity index is 596. The summed E-state index contributed by atoms with van der Waals surface area (Å²) in [5, 5.41) is 0.181. The second-order valence-corrected chi connectivity index (χ2v) is 5.25. The molecule has 0 saturated carbocycles. The summed E-state index contributed by atoms with van der Waals surface area (Å²) in [7, 11) is 1.37. The molecule has 0 unspecified atom stereocenters. The zero-order chi connectivity index (χ0) is 15.1. The Morgan fingerprint density at radius 3 is 2.52 bits per heavy atom. The van der Waals surface area contributed by atoms with E-state index in [9.17, 15) is 9.18 Å². The minimum absolute atomic E-state index is 0. The SMILES string of the molecule is C.COc1ncc(CN)cc1F.O=Cc1sc(Cl)nc1Cl. The Hall–Kier alpha value is -1.28. The van der Waals surface area contributed by atoms with E-state index >= 15 is 0 Å². The van der Waals surface area contributed by atoms with E-state index in [0.29, 0.717) is 21.2 Å². The van der Waals surface area contributed by atoms with Crippen molar-refractivity contribution >= 4 is 40.8 Å². The molecule has 2 N–H and O–H groups in total. The lowest BCUT2D eigenvalue weighted by Gasteiger charge is -2.00. The molecule has 2 heterocycles. The predicted molar refractivity (Wildman–Crippen MR) is 82.9 cm³/mol. The molecule has 0 saturated heterocycles. The number of pyridine rings is 1. The maximum absolute atomic E-state index is 12.8. The number of carbonyl (C=O) groups excluding carboxylic acids is 1. The van der Waals surface area contributed by atoms with E-state index in [0.717, 1.165) is 11.3 Å². The molecule has 9 heteroatoms. The molecular formula is C12H14Cl2FN3O2S. The van der Waals surface area contributed by atoms with E-state index in [1.165, 1.54) is 19.4 Å². The zero-order valence-electron chi connectivity index (χ0n) is 10.3. The molecule has 0 radical (unpaired) electrons. The molecule has 0 aliphatic heterocycles. The largest absolute Gasteiger partial charge is 0.479 e. The maximum Gasteiger partial charge on any atom is 0.250 e. The van der Waals surface area contributed by atoms with Gasteiger partial charge in [-0.3, -0.25) is 4.79 Å². The third-order valence-electron chi connectivity index (χ3n) is 1.98. The van der Waals surface area contributed by atoms with Crippen LogP contribution in [0.1, 0.15) is 22.7 Å². The summed E-state index contributed by atoms with van der Waals surface area (Å²) in [6.07, 6.45) is 2.12. The highest BCUT2D eigenvalue weighted by Crippen LogP contribution is 2.24. The first kappa shape index (κ1) is 19.7. The molecule has 0 bridgehead atoms. The molecule has 2 rings (SSSR count). The number of thiazole rings is 1. The standard InChI is InChI=1S/C7H9FN2O.C4HCl2NOS.CH4/c1-11-7-6(8)2-5(3-9)4-10-7;5-3-2(1-8)9-4(6)7-3;/h2,4H,3,9H2,1H3;1H;1H4. The van der Waals surface area contributed by atoms with Crippen molar-refractivity contribution in [2.75, 3.05) is 7.11 Å². The summed E-state index contributed by atoms with van der Waals surface area (Å²) in [4.78, 5) is 17.7. The third kappa shape index (κ3) is 5.92. The van der Waals surface area contributed by atoms with Crippen LogP contribution in [0.4, 0.5) is 4.39 Å². The summed E-state index contributed by atoms with van der Waals surface area (Å²) in [6.45, 7) is 0.286. The van der Waals surface area contributed by atoms with Crippen LogP contribution in [0.3, 0.4) is 0 Å². The molecule has 0 amide bonds. The van der Waals surface area contributed by atoms with Gasteiger partial charge in [0.05, 0.1) is 7.11 Å². The normalized spacial score (nSPS) is 9.19. The molecule has 5 nitrogen and oxygen atoms in total. The van der Waals surface area contributed by atoms with Gasteiger partial charge in [-0.25, -0.2) is 14.4 Å². The van der Waals surface area contributed by atoms with Gasteiger partial charge in [0.15, 0.2) is 21.7 Å². The monoisotopic (exact) mass is 353 g/mol. The average Bonchev–Trinajstić information content (AvgIpc) is 2.77. The van der Waals surface area contributed by atoms with Crippen LogP contribution >= 0.6 is 34.5 Å². The topological polar surface area (TPSA) is 78.1 Å². The molecule has 0 aromatic carbocycles. The lowest BCUT2D eigenvalue weighted by molar-refractivity contribution is 0.112. The highest BCUT2D eigenvalue weighted by atomic mass is 35.5. The molecule has 21 heavy (non-hydrogen) atoms. The molecule has 2 aromatic heterocycles. The lowest BCUT2D eigenvalue weighted by atomic mass is 10.3. The summed E-state index contributed by atoms with van der Waals surface area (Å²) >= 11 is 11.9. The summed E-state index contributed by atoms with van der Waals surface area (Å²) < 4.78 is 17.7. The van der Waals surface area contributed by atoms with Gasteiger partial charge in [0.1, 0.15) is 4.88 Å². The Morgan fingerprint density at radius 2 is 2.19 bits per heavy atom. The number of hydrogen-bond donors (Lipinski definition) is 1. The number of aldehydes is 1. The highest BCUT2D eigenvalue weighted by Gasteiger charge is 2.04. The zero-order valence-corrected chi connectivity index (χ0v) is 12.6. The Labute approximate surface area is 135 Å². The smallest absolute Gasteiger partial charge is 0.250 e. The van der Waals surface area contributed by atoms with Crippen molar-refractivity contribution in [2.45, 2.75) is 14.0 Å². The summed E-state index contributed by atoms with van der Waals surface area (Å²) in [5.41, 5.74) is 5.92. The van der Waals surface area contributed by atoms with Gasteiger partial charge in [0, 0.05) is 12.7 Å². The van der Waals surface area contributed by atoms with Gasteiger partial charge in [-0.2, -0.15) is 0 Å². The molecule has 0 spiro atoms. The number of methoxy groups -OCH3 is 1. The molecule has 116 valence electrons. The highest BCUT2D eigenvalue weighted by molar-refractivity contribution is 7.17. The first-order valence-electron chi connectivity index (χ1n) is 5.17. The van der Waals surface area contributed by atoms with E-state index in [4.69, 9.17) is 28.9 Å². The van der Waals surface area contributed by atoms with Gasteiger partial charge in [-0.15, -0.1) is 0 Å². The fraction of sp³-hybridized carbons (Fsp3) is 0.250. The van der Waals surface area contributed by atoms with Crippen molar-refractivity contribution in [3.8, 4) is 5.88 Å². The minimum atomic E-state index is -0.476. The Balaban J connectivity index is 0.000000370. The van der Waals surface area contributed by atoms with E-state index in [-0.39, 0.29) is 25.0 Å². The number of halogens is 3. The number of hydrogen-bond acceptors (Lipinski definition) is 6. The van der Waals surface area contributed by atoms with Crippen LogP contribution in [0.5, 0.6) is 5.88 Å². The van der Waals surface area contributed by atoms with Gasteiger partial charge < -0.3 is 10.5 Å². The predicted octanol–water partition coefficient (Wildman–Crippen LogP) is 3.59. The number of ether oxygens (including phenoxy) is 1. The van der Waals surface area contributed by atoms with Gasteiger partial charge in [-0.1, -0.05) is 42.0 Å². The third-order valence-corrected chi connectivity index (χ3v) is 3.47. The van der Waals surface area contributed by atoms with E-state index < -0.39 is 5.82 Å². The molecular weight excluding hydrogens is 340 g/mol. The molecule has 0 fully saturated rings. The van der Waals surface area contributed by atoms with Crippen LogP contribution in [0, 0.1) is 5.82 Å². The number of rotatable bonds is 3. The average molecular weight is 354 g/mol. The van der Waals surface area contributed by atoms with E-state index in [2.05, 4.69) is 14.7 Å². The molecule has 0 aliphatic rings.